The lowest BCUT2D eigenvalue weighted by Crippen LogP contribution is -2.23. The number of aromatic nitrogens is 2. The smallest absolute Gasteiger partial charge is 0.246 e. The first-order chi connectivity index (χ1) is 9.53. The van der Waals surface area contributed by atoms with E-state index in [1.165, 1.54) is 6.20 Å². The van der Waals surface area contributed by atoms with Gasteiger partial charge >= 0.3 is 0 Å². The van der Waals surface area contributed by atoms with Gasteiger partial charge in [-0.3, -0.25) is 5.10 Å². The Morgan fingerprint density at radius 3 is 2.80 bits per heavy atom. The van der Waals surface area contributed by atoms with Gasteiger partial charge in [0.15, 0.2) is 0 Å². The first kappa shape index (κ1) is 14.5. The molecule has 1 aromatic heterocycles. The maximum Gasteiger partial charge on any atom is 0.246 e. The Balaban J connectivity index is 2.09. The van der Waals surface area contributed by atoms with Gasteiger partial charge in [-0.2, -0.15) is 5.10 Å². The number of sulfonamides is 1. The van der Waals surface area contributed by atoms with Crippen molar-refractivity contribution in [1.82, 2.24) is 14.9 Å². The van der Waals surface area contributed by atoms with Crippen molar-refractivity contribution in [2.45, 2.75) is 18.0 Å². The van der Waals surface area contributed by atoms with Gasteiger partial charge in [0.1, 0.15) is 10.7 Å². The Morgan fingerprint density at radius 1 is 1.40 bits per heavy atom. The molecule has 0 saturated heterocycles. The highest BCUT2D eigenvalue weighted by molar-refractivity contribution is 7.89. The number of nitrogens with zero attached hydrogens (tertiary/aromatic N) is 1. The second kappa shape index (κ2) is 6.04. The van der Waals surface area contributed by atoms with Crippen LogP contribution < -0.4 is 10.5 Å². The molecule has 0 saturated carbocycles. The standard InChI is InChI=1S/C12H16N4O3S/c1-19-8-10-4-2-3-9(5-10)6-15-20(17,18)11-7-14-16-12(11)13/h2-5,7,15H,6,8H2,1H3,(H3,13,14,16). The van der Waals surface area contributed by atoms with Gasteiger partial charge in [-0.05, 0) is 11.1 Å². The quantitative estimate of drug-likeness (QED) is 0.723. The van der Waals surface area contributed by atoms with Crippen LogP contribution in [0.4, 0.5) is 5.82 Å². The van der Waals surface area contributed by atoms with Crippen molar-refractivity contribution in [3.63, 3.8) is 0 Å². The van der Waals surface area contributed by atoms with Gasteiger partial charge in [0, 0.05) is 13.7 Å². The first-order valence-electron chi connectivity index (χ1n) is 5.88. The number of nitrogen functional groups attached to an aromatic ring is 1. The van der Waals surface area contributed by atoms with Crippen molar-refractivity contribution in [3.05, 3.63) is 41.6 Å². The van der Waals surface area contributed by atoms with Crippen LogP contribution in [0.15, 0.2) is 35.4 Å². The Hall–Kier alpha value is -1.90. The van der Waals surface area contributed by atoms with Gasteiger partial charge < -0.3 is 10.5 Å². The van der Waals surface area contributed by atoms with Gasteiger partial charge in [-0.25, -0.2) is 13.1 Å². The lowest BCUT2D eigenvalue weighted by molar-refractivity contribution is 0.185. The molecule has 7 nitrogen and oxygen atoms in total. The van der Waals surface area contributed by atoms with Crippen LogP contribution in [0, 0.1) is 0 Å². The van der Waals surface area contributed by atoms with Crippen LogP contribution >= 0.6 is 0 Å². The van der Waals surface area contributed by atoms with E-state index in [1.807, 2.05) is 24.3 Å². The predicted molar refractivity (Wildman–Crippen MR) is 74.2 cm³/mol. The van der Waals surface area contributed by atoms with Gasteiger partial charge in [0.05, 0.1) is 12.8 Å². The number of H-pyrrole nitrogens is 1. The molecule has 0 aliphatic rings. The fourth-order valence-corrected chi connectivity index (χ4v) is 2.79. The Morgan fingerprint density at radius 2 is 2.15 bits per heavy atom. The van der Waals surface area contributed by atoms with Gasteiger partial charge in [0.25, 0.3) is 0 Å². The van der Waals surface area contributed by atoms with Crippen LogP contribution in [-0.2, 0) is 27.9 Å². The third-order valence-corrected chi connectivity index (χ3v) is 4.12. The van der Waals surface area contributed by atoms with E-state index in [1.54, 1.807) is 7.11 Å². The summed E-state index contributed by atoms with van der Waals surface area (Å²) < 4.78 is 31.6. The molecule has 1 aromatic carbocycles. The van der Waals surface area contributed by atoms with E-state index in [2.05, 4.69) is 14.9 Å². The number of hydrogen-bond donors (Lipinski definition) is 3. The molecule has 0 amide bonds. The monoisotopic (exact) mass is 296 g/mol. The Bertz CT molecular complexity index is 682. The second-order valence-electron chi connectivity index (χ2n) is 4.23. The van der Waals surface area contributed by atoms with Crippen molar-refractivity contribution >= 4 is 15.8 Å². The van der Waals surface area contributed by atoms with E-state index in [0.717, 1.165) is 11.1 Å². The van der Waals surface area contributed by atoms with Crippen LogP contribution in [0.5, 0.6) is 0 Å². The van der Waals surface area contributed by atoms with Crippen molar-refractivity contribution < 1.29 is 13.2 Å². The number of rotatable bonds is 6. The number of aromatic amines is 1. The van der Waals surface area contributed by atoms with E-state index in [4.69, 9.17) is 10.5 Å². The van der Waals surface area contributed by atoms with Crippen LogP contribution in [0.1, 0.15) is 11.1 Å². The topological polar surface area (TPSA) is 110 Å². The second-order valence-corrected chi connectivity index (χ2v) is 5.96. The zero-order chi connectivity index (χ0) is 14.6. The average molecular weight is 296 g/mol. The minimum absolute atomic E-state index is 0.0191. The molecule has 0 radical (unpaired) electrons. The highest BCUT2D eigenvalue weighted by Gasteiger charge is 2.18. The summed E-state index contributed by atoms with van der Waals surface area (Å²) in [4.78, 5) is -0.0504. The SMILES string of the molecule is COCc1cccc(CNS(=O)(=O)c2cn[nH]c2N)c1. The summed E-state index contributed by atoms with van der Waals surface area (Å²) in [6, 6.07) is 7.48. The summed E-state index contributed by atoms with van der Waals surface area (Å²) in [5.41, 5.74) is 7.32. The highest BCUT2D eigenvalue weighted by Crippen LogP contribution is 2.14. The molecule has 0 atom stereocenters. The number of benzene rings is 1. The fourth-order valence-electron chi connectivity index (χ4n) is 1.75. The number of nitrogens with two attached hydrogens (primary N) is 1. The number of nitrogens with one attached hydrogen (secondary N) is 2. The molecule has 8 heteroatoms. The third kappa shape index (κ3) is 3.35. The molecule has 0 bridgehead atoms. The van der Waals surface area contributed by atoms with Crippen molar-refractivity contribution in [3.8, 4) is 0 Å². The normalized spacial score (nSPS) is 11.7. The fraction of sp³-hybridized carbons (Fsp3) is 0.250. The number of anilines is 1. The first-order valence-corrected chi connectivity index (χ1v) is 7.36. The van der Waals surface area contributed by atoms with Crippen LogP contribution in [-0.4, -0.2) is 25.7 Å². The molecular formula is C12H16N4O3S. The predicted octanol–water partition coefficient (Wildman–Crippen LogP) is 0.617. The highest BCUT2D eigenvalue weighted by atomic mass is 32.2. The maximum atomic E-state index is 12.0. The molecule has 2 rings (SSSR count). The van der Waals surface area contributed by atoms with Crippen molar-refractivity contribution in [2.24, 2.45) is 0 Å². The largest absolute Gasteiger partial charge is 0.383 e. The summed E-state index contributed by atoms with van der Waals surface area (Å²) in [6.45, 7) is 0.653. The van der Waals surface area contributed by atoms with Gasteiger partial charge in [-0.15, -0.1) is 0 Å². The van der Waals surface area contributed by atoms with Crippen LogP contribution in [0.25, 0.3) is 0 Å². The number of methoxy groups -OCH3 is 1. The molecular weight excluding hydrogens is 280 g/mol. The zero-order valence-corrected chi connectivity index (χ0v) is 11.8. The summed E-state index contributed by atoms with van der Waals surface area (Å²) in [7, 11) is -2.06. The molecule has 0 spiro atoms. The molecule has 108 valence electrons. The Labute approximate surface area is 117 Å². The van der Waals surface area contributed by atoms with E-state index >= 15 is 0 Å². The van der Waals surface area contributed by atoms with E-state index in [-0.39, 0.29) is 17.3 Å². The average Bonchev–Trinajstić information content (AvgIpc) is 2.85. The van der Waals surface area contributed by atoms with E-state index < -0.39 is 10.0 Å². The minimum atomic E-state index is -3.67. The lowest BCUT2D eigenvalue weighted by atomic mass is 10.1. The molecule has 0 aliphatic heterocycles. The molecule has 0 aliphatic carbocycles. The molecule has 1 heterocycles. The van der Waals surface area contributed by atoms with Crippen LogP contribution in [0.2, 0.25) is 0 Å². The van der Waals surface area contributed by atoms with Crippen LogP contribution in [0.3, 0.4) is 0 Å². The number of ether oxygens (including phenoxy) is 1. The molecule has 0 unspecified atom stereocenters. The summed E-state index contributed by atoms with van der Waals surface area (Å²) >= 11 is 0. The Kier molecular flexibility index (Phi) is 4.38. The minimum Gasteiger partial charge on any atom is -0.383 e. The van der Waals surface area contributed by atoms with Gasteiger partial charge in [0.2, 0.25) is 10.0 Å². The summed E-state index contributed by atoms with van der Waals surface area (Å²) in [5, 5.41) is 5.99. The summed E-state index contributed by atoms with van der Waals surface area (Å²) in [5.74, 6) is 0.0191. The molecule has 4 N–H and O–H groups in total. The molecule has 0 fully saturated rings. The third-order valence-electron chi connectivity index (χ3n) is 2.69. The zero-order valence-electron chi connectivity index (χ0n) is 11.0. The van der Waals surface area contributed by atoms with E-state index in [9.17, 15) is 8.42 Å². The van der Waals surface area contributed by atoms with Crippen molar-refractivity contribution in [2.75, 3.05) is 12.8 Å². The van der Waals surface area contributed by atoms with Gasteiger partial charge in [-0.1, -0.05) is 24.3 Å². The maximum absolute atomic E-state index is 12.0. The molecule has 2 aromatic rings. The van der Waals surface area contributed by atoms with E-state index in [0.29, 0.717) is 6.61 Å². The van der Waals surface area contributed by atoms with Crippen molar-refractivity contribution in [1.29, 1.82) is 0 Å². The lowest BCUT2D eigenvalue weighted by Gasteiger charge is -2.07. The summed E-state index contributed by atoms with van der Waals surface area (Å²) in [6.07, 6.45) is 1.18. The number of hydrogen-bond acceptors (Lipinski definition) is 5. The molecule has 20 heavy (non-hydrogen) atoms.